The fourth-order valence-corrected chi connectivity index (χ4v) is 7.06. The zero-order valence-electron chi connectivity index (χ0n) is 19.3. The number of nitrogens with one attached hydrogen (secondary N) is 1. The molecule has 4 bridgehead atoms. The molecule has 6 rings (SSSR count). The third kappa shape index (κ3) is 3.40. The Hall–Kier alpha value is -2.94. The van der Waals surface area contributed by atoms with Gasteiger partial charge in [0.2, 0.25) is 5.75 Å². The third-order valence-corrected chi connectivity index (χ3v) is 8.19. The van der Waals surface area contributed by atoms with Gasteiger partial charge in [0.25, 0.3) is 5.56 Å². The van der Waals surface area contributed by atoms with Gasteiger partial charge in [-0.15, -0.1) is 0 Å². The lowest BCUT2D eigenvalue weighted by molar-refractivity contribution is -0.168. The second kappa shape index (κ2) is 8.37. The van der Waals surface area contributed by atoms with Crippen molar-refractivity contribution in [3.05, 3.63) is 33.7 Å². The van der Waals surface area contributed by atoms with Gasteiger partial charge in [-0.25, -0.2) is 4.68 Å². The lowest BCUT2D eigenvalue weighted by Gasteiger charge is -2.59. The minimum absolute atomic E-state index is 0.0383. The summed E-state index contributed by atoms with van der Waals surface area (Å²) >= 11 is 6.55. The molecule has 4 aliphatic rings. The Kier molecular flexibility index (Phi) is 5.62. The summed E-state index contributed by atoms with van der Waals surface area (Å²) < 4.78 is 17.5. The van der Waals surface area contributed by atoms with Gasteiger partial charge in [0.1, 0.15) is 5.02 Å². The van der Waals surface area contributed by atoms with E-state index < -0.39 is 23.0 Å². The summed E-state index contributed by atoms with van der Waals surface area (Å²) in [5.74, 6) is 0.781. The highest BCUT2D eigenvalue weighted by atomic mass is 35.5. The summed E-state index contributed by atoms with van der Waals surface area (Å²) in [6, 6.07) is 3.39. The first-order valence-corrected chi connectivity index (χ1v) is 11.8. The average Bonchev–Trinajstić information content (AvgIpc) is 2.80. The van der Waals surface area contributed by atoms with Gasteiger partial charge in [-0.3, -0.25) is 9.59 Å². The molecule has 0 amide bonds. The first kappa shape index (κ1) is 22.8. The van der Waals surface area contributed by atoms with Gasteiger partial charge in [-0.2, -0.15) is 5.10 Å². The van der Waals surface area contributed by atoms with Crippen LogP contribution >= 0.6 is 11.6 Å². The molecule has 2 N–H and O–H groups in total. The molecule has 0 radical (unpaired) electrons. The maximum absolute atomic E-state index is 13.5. The molecule has 4 fully saturated rings. The zero-order chi connectivity index (χ0) is 24.2. The summed E-state index contributed by atoms with van der Waals surface area (Å²) in [6.45, 7) is 0. The molecular weight excluding hydrogens is 462 g/mol. The second-order valence-corrected chi connectivity index (χ2v) is 10.0. The number of aromatic nitrogens is 2. The monoisotopic (exact) mass is 489 g/mol. The number of nitrogens with zero attached hydrogens (tertiary/aromatic N) is 2. The molecule has 10 heteroatoms. The van der Waals surface area contributed by atoms with Crippen LogP contribution < -0.4 is 25.1 Å². The number of methoxy groups -OCH3 is 3. The Morgan fingerprint density at radius 2 is 1.74 bits per heavy atom. The zero-order valence-corrected chi connectivity index (χ0v) is 20.1. The molecule has 34 heavy (non-hydrogen) atoms. The molecule has 182 valence electrons. The van der Waals surface area contributed by atoms with Crippen molar-refractivity contribution in [1.29, 1.82) is 0 Å². The van der Waals surface area contributed by atoms with Gasteiger partial charge in [0.15, 0.2) is 11.5 Å². The van der Waals surface area contributed by atoms with Crippen LogP contribution in [0.1, 0.15) is 32.1 Å². The molecule has 1 aromatic heterocycles. The van der Waals surface area contributed by atoms with Crippen molar-refractivity contribution in [3.8, 4) is 17.2 Å². The van der Waals surface area contributed by atoms with Crippen molar-refractivity contribution in [2.24, 2.45) is 23.7 Å². The van der Waals surface area contributed by atoms with E-state index in [4.69, 9.17) is 25.8 Å². The Bertz CT molecular complexity index is 1160. The second-order valence-electron chi connectivity index (χ2n) is 9.66. The van der Waals surface area contributed by atoms with Crippen molar-refractivity contribution in [2.45, 2.75) is 37.6 Å². The number of carboxylic acids is 1. The Morgan fingerprint density at radius 3 is 2.26 bits per heavy atom. The van der Waals surface area contributed by atoms with E-state index in [9.17, 15) is 14.7 Å². The summed E-state index contributed by atoms with van der Waals surface area (Å²) in [5.41, 5.74) is -0.429. The van der Waals surface area contributed by atoms with Crippen LogP contribution in [0.25, 0.3) is 0 Å². The van der Waals surface area contributed by atoms with Crippen molar-refractivity contribution in [3.63, 3.8) is 0 Å². The molecule has 0 unspecified atom stereocenters. The molecular formula is C24H28ClN3O6. The van der Waals surface area contributed by atoms with Gasteiger partial charge in [0.05, 0.1) is 44.7 Å². The first-order valence-electron chi connectivity index (χ1n) is 11.4. The number of ether oxygens (including phenoxy) is 3. The minimum atomic E-state index is -0.853. The van der Waals surface area contributed by atoms with Crippen LogP contribution in [-0.4, -0.2) is 42.2 Å². The van der Waals surface area contributed by atoms with E-state index in [-0.39, 0.29) is 10.9 Å². The van der Waals surface area contributed by atoms with Crippen LogP contribution in [0.3, 0.4) is 0 Å². The number of aliphatic carboxylic acids is 1. The Balaban J connectivity index is 1.53. The van der Waals surface area contributed by atoms with Crippen molar-refractivity contribution in [2.75, 3.05) is 26.6 Å². The largest absolute Gasteiger partial charge is 0.493 e. The fourth-order valence-electron chi connectivity index (χ4n) is 6.88. The van der Waals surface area contributed by atoms with E-state index in [1.165, 1.54) is 32.2 Å². The van der Waals surface area contributed by atoms with E-state index in [0.29, 0.717) is 53.3 Å². The quantitative estimate of drug-likeness (QED) is 0.602. The predicted molar refractivity (Wildman–Crippen MR) is 126 cm³/mol. The van der Waals surface area contributed by atoms with Crippen LogP contribution in [0.4, 0.5) is 11.4 Å². The minimum Gasteiger partial charge on any atom is -0.493 e. The van der Waals surface area contributed by atoms with Crippen LogP contribution in [0.5, 0.6) is 17.2 Å². The molecule has 9 nitrogen and oxygen atoms in total. The number of benzene rings is 1. The Labute approximate surface area is 202 Å². The average molecular weight is 490 g/mol. The van der Waals surface area contributed by atoms with E-state index in [1.807, 2.05) is 0 Å². The lowest BCUT2D eigenvalue weighted by atomic mass is 9.48. The SMILES string of the molecule is COc1cc(Nc2cnn(C34C[C@@H]5CC(C[C@H](C5)C3)[C@H]4C(=O)O)c(=O)c2Cl)cc(OC)c1OC. The number of carbonyl (C=O) groups is 1. The molecule has 2 aromatic rings. The van der Waals surface area contributed by atoms with Gasteiger partial charge < -0.3 is 24.6 Å². The van der Waals surface area contributed by atoms with Crippen molar-refractivity contribution in [1.82, 2.24) is 9.78 Å². The Morgan fingerprint density at radius 1 is 1.12 bits per heavy atom. The van der Waals surface area contributed by atoms with E-state index >= 15 is 0 Å². The van der Waals surface area contributed by atoms with Gasteiger partial charge in [-0.1, -0.05) is 11.6 Å². The molecule has 1 aromatic carbocycles. The van der Waals surface area contributed by atoms with E-state index in [2.05, 4.69) is 10.4 Å². The predicted octanol–water partition coefficient (Wildman–Crippen LogP) is 3.90. The standard InChI is InChI=1S/C24H28ClN3O6/c1-32-17-7-15(8-18(33-2)21(17)34-3)27-16-11-26-28(22(29)20(16)25)24-9-12-4-13(10-24)6-14(5-12)19(24)23(30)31/h7-8,11-14,19,27H,4-6,9-10H2,1-3H3,(H,30,31)/t12-,13-,14?,19-,24?/m0/s1. The molecule has 0 aliphatic heterocycles. The van der Waals surface area contributed by atoms with Gasteiger partial charge in [-0.05, 0) is 49.9 Å². The van der Waals surface area contributed by atoms with Gasteiger partial charge in [0, 0.05) is 17.8 Å². The first-order chi connectivity index (χ1) is 16.3. The van der Waals surface area contributed by atoms with Crippen molar-refractivity contribution >= 4 is 28.9 Å². The topological polar surface area (TPSA) is 112 Å². The summed E-state index contributed by atoms with van der Waals surface area (Å²) in [4.78, 5) is 25.8. The molecule has 1 heterocycles. The smallest absolute Gasteiger partial charge is 0.309 e. The summed E-state index contributed by atoms with van der Waals surface area (Å²) in [5, 5.41) is 17.7. The van der Waals surface area contributed by atoms with Crippen LogP contribution in [-0.2, 0) is 10.3 Å². The molecule has 3 atom stereocenters. The number of halogens is 1. The number of hydrogen-bond donors (Lipinski definition) is 2. The number of hydrogen-bond acceptors (Lipinski definition) is 7. The summed E-state index contributed by atoms with van der Waals surface area (Å²) in [7, 11) is 4.55. The maximum Gasteiger partial charge on any atom is 0.309 e. The van der Waals surface area contributed by atoms with Crippen LogP contribution in [0.15, 0.2) is 23.1 Å². The third-order valence-electron chi connectivity index (χ3n) is 7.82. The van der Waals surface area contributed by atoms with Crippen molar-refractivity contribution < 1.29 is 24.1 Å². The van der Waals surface area contributed by atoms with E-state index in [0.717, 1.165) is 19.3 Å². The van der Waals surface area contributed by atoms with Gasteiger partial charge >= 0.3 is 5.97 Å². The number of anilines is 2. The number of rotatable bonds is 7. The number of carboxylic acid groups (broad SMARTS) is 1. The van der Waals surface area contributed by atoms with Crippen LogP contribution in [0, 0.1) is 23.7 Å². The summed E-state index contributed by atoms with van der Waals surface area (Å²) in [6.07, 6.45) is 5.73. The molecule has 0 spiro atoms. The maximum atomic E-state index is 13.5. The normalized spacial score (nSPS) is 29.1. The highest BCUT2D eigenvalue weighted by molar-refractivity contribution is 6.33. The van der Waals surface area contributed by atoms with E-state index in [1.54, 1.807) is 12.1 Å². The van der Waals surface area contributed by atoms with Crippen LogP contribution in [0.2, 0.25) is 5.02 Å². The fraction of sp³-hybridized carbons (Fsp3) is 0.542. The molecule has 4 aliphatic carbocycles. The lowest BCUT2D eigenvalue weighted by Crippen LogP contribution is -2.63. The molecule has 4 saturated carbocycles. The highest BCUT2D eigenvalue weighted by Gasteiger charge is 2.61. The highest BCUT2D eigenvalue weighted by Crippen LogP contribution is 2.61. The molecule has 0 saturated heterocycles.